The van der Waals surface area contributed by atoms with Crippen LogP contribution in [-0.2, 0) is 24.3 Å². The van der Waals surface area contributed by atoms with Crippen molar-refractivity contribution in [2.24, 2.45) is 0 Å². The second-order valence-electron chi connectivity index (χ2n) is 8.26. The maximum atomic E-state index is 13.4. The summed E-state index contributed by atoms with van der Waals surface area (Å²) in [6.07, 6.45) is 1.74. The molecule has 4 aromatic rings. The van der Waals surface area contributed by atoms with E-state index in [1.165, 1.54) is 14.7 Å². The molecule has 3 aromatic carbocycles. The van der Waals surface area contributed by atoms with E-state index in [-0.39, 0.29) is 30.6 Å². The molecule has 7 heteroatoms. The van der Waals surface area contributed by atoms with Gasteiger partial charge in [-0.3, -0.25) is 18.7 Å². The Labute approximate surface area is 195 Å². The third-order valence-electron chi connectivity index (χ3n) is 6.16. The van der Waals surface area contributed by atoms with Crippen LogP contribution in [0.1, 0.15) is 29.2 Å². The van der Waals surface area contributed by atoms with Crippen LogP contribution in [0, 0.1) is 0 Å². The molecule has 0 bridgehead atoms. The second kappa shape index (κ2) is 8.71. The summed E-state index contributed by atoms with van der Waals surface area (Å²) in [6, 6.07) is 21.9. The van der Waals surface area contributed by atoms with E-state index in [0.717, 1.165) is 24.0 Å². The number of aromatic nitrogens is 2. The summed E-state index contributed by atoms with van der Waals surface area (Å²) >= 11 is 5.96. The van der Waals surface area contributed by atoms with Crippen molar-refractivity contribution in [2.45, 2.75) is 32.0 Å². The molecule has 1 heterocycles. The third-order valence-corrected chi connectivity index (χ3v) is 6.41. The molecule has 1 aliphatic rings. The van der Waals surface area contributed by atoms with Crippen LogP contribution in [0.25, 0.3) is 10.9 Å². The SMILES string of the molecule is O=C(Cn1c(=O)n(Cc2ccc(Cl)cc2)c(=O)c2ccccc21)N[C@H]1CCc2ccccc21. The lowest BCUT2D eigenvalue weighted by Crippen LogP contribution is -2.43. The van der Waals surface area contributed by atoms with Crippen LogP contribution in [0.2, 0.25) is 5.02 Å². The number of amides is 1. The van der Waals surface area contributed by atoms with Gasteiger partial charge >= 0.3 is 5.69 Å². The molecule has 0 fully saturated rings. The molecule has 5 rings (SSSR count). The zero-order valence-corrected chi connectivity index (χ0v) is 18.6. The van der Waals surface area contributed by atoms with E-state index in [0.29, 0.717) is 15.9 Å². The number of hydrogen-bond donors (Lipinski definition) is 1. The molecule has 1 aliphatic carbocycles. The third kappa shape index (κ3) is 4.10. The topological polar surface area (TPSA) is 73.1 Å². The van der Waals surface area contributed by atoms with Gasteiger partial charge in [0.15, 0.2) is 0 Å². The molecule has 166 valence electrons. The molecule has 1 aromatic heterocycles. The molecule has 0 aliphatic heterocycles. The van der Waals surface area contributed by atoms with Crippen molar-refractivity contribution in [1.82, 2.24) is 14.5 Å². The minimum absolute atomic E-state index is 0.0735. The average Bonchev–Trinajstić information content (AvgIpc) is 3.23. The van der Waals surface area contributed by atoms with Crippen molar-refractivity contribution in [1.29, 1.82) is 0 Å². The fraction of sp³-hybridized carbons (Fsp3) is 0.192. The molecule has 1 atom stereocenters. The zero-order chi connectivity index (χ0) is 22.9. The summed E-state index contributed by atoms with van der Waals surface area (Å²) < 4.78 is 2.55. The van der Waals surface area contributed by atoms with Gasteiger partial charge in [-0.05, 0) is 53.8 Å². The number of benzene rings is 3. The summed E-state index contributed by atoms with van der Waals surface area (Å²) in [5.74, 6) is -0.263. The van der Waals surface area contributed by atoms with E-state index in [9.17, 15) is 14.4 Å². The van der Waals surface area contributed by atoms with Gasteiger partial charge in [0, 0.05) is 5.02 Å². The molecule has 0 spiro atoms. The largest absolute Gasteiger partial charge is 0.348 e. The monoisotopic (exact) mass is 459 g/mol. The summed E-state index contributed by atoms with van der Waals surface area (Å²) in [6.45, 7) is -0.0732. The van der Waals surface area contributed by atoms with E-state index >= 15 is 0 Å². The van der Waals surface area contributed by atoms with Gasteiger partial charge in [-0.25, -0.2) is 4.79 Å². The lowest BCUT2D eigenvalue weighted by Gasteiger charge is -2.17. The first kappa shape index (κ1) is 21.2. The van der Waals surface area contributed by atoms with Crippen molar-refractivity contribution in [3.63, 3.8) is 0 Å². The second-order valence-corrected chi connectivity index (χ2v) is 8.70. The molecular weight excluding hydrogens is 438 g/mol. The van der Waals surface area contributed by atoms with Crippen LogP contribution in [0.3, 0.4) is 0 Å². The first-order valence-electron chi connectivity index (χ1n) is 10.9. The van der Waals surface area contributed by atoms with Gasteiger partial charge < -0.3 is 5.32 Å². The summed E-state index contributed by atoms with van der Waals surface area (Å²) in [4.78, 5) is 39.5. The van der Waals surface area contributed by atoms with Crippen molar-refractivity contribution >= 4 is 28.4 Å². The fourth-order valence-corrected chi connectivity index (χ4v) is 4.65. The Kier molecular flexibility index (Phi) is 5.60. The van der Waals surface area contributed by atoms with Gasteiger partial charge in [-0.2, -0.15) is 0 Å². The number of rotatable bonds is 5. The van der Waals surface area contributed by atoms with Crippen molar-refractivity contribution in [3.05, 3.63) is 115 Å². The van der Waals surface area contributed by atoms with Crippen molar-refractivity contribution in [2.75, 3.05) is 0 Å². The molecule has 1 amide bonds. The van der Waals surface area contributed by atoms with Crippen LogP contribution in [0.15, 0.2) is 82.4 Å². The molecule has 1 N–H and O–H groups in total. The van der Waals surface area contributed by atoms with Crippen LogP contribution in [0.5, 0.6) is 0 Å². The summed E-state index contributed by atoms with van der Waals surface area (Å²) in [5, 5.41) is 4.03. The van der Waals surface area contributed by atoms with Gasteiger partial charge in [0.25, 0.3) is 5.56 Å². The first-order valence-corrected chi connectivity index (χ1v) is 11.2. The Bertz CT molecular complexity index is 1470. The number of aryl methyl sites for hydroxylation is 1. The molecule has 6 nitrogen and oxygen atoms in total. The molecule has 33 heavy (non-hydrogen) atoms. The first-order chi connectivity index (χ1) is 16.0. The Morgan fingerprint density at radius 2 is 1.67 bits per heavy atom. The van der Waals surface area contributed by atoms with Crippen LogP contribution in [-0.4, -0.2) is 15.0 Å². The number of hydrogen-bond acceptors (Lipinski definition) is 3. The Morgan fingerprint density at radius 3 is 2.48 bits per heavy atom. The van der Waals surface area contributed by atoms with Gasteiger partial charge in [-0.1, -0.05) is 60.1 Å². The molecule has 0 saturated heterocycles. The highest BCUT2D eigenvalue weighted by atomic mass is 35.5. The molecular formula is C26H22ClN3O3. The van der Waals surface area contributed by atoms with Crippen LogP contribution in [0.4, 0.5) is 0 Å². The predicted molar refractivity (Wildman–Crippen MR) is 129 cm³/mol. The highest BCUT2D eigenvalue weighted by molar-refractivity contribution is 6.30. The number of carbonyl (C=O) groups excluding carboxylic acids is 1. The highest BCUT2D eigenvalue weighted by Gasteiger charge is 2.24. The van der Waals surface area contributed by atoms with Gasteiger partial charge in [-0.15, -0.1) is 0 Å². The van der Waals surface area contributed by atoms with Gasteiger partial charge in [0.2, 0.25) is 5.91 Å². The maximum Gasteiger partial charge on any atom is 0.332 e. The van der Waals surface area contributed by atoms with E-state index in [1.807, 2.05) is 18.2 Å². The average molecular weight is 460 g/mol. The number of carbonyl (C=O) groups is 1. The minimum atomic E-state index is -0.518. The Balaban J connectivity index is 1.49. The highest BCUT2D eigenvalue weighted by Crippen LogP contribution is 2.30. The number of nitrogens with zero attached hydrogens (tertiary/aromatic N) is 2. The normalized spacial score (nSPS) is 14.9. The van der Waals surface area contributed by atoms with Crippen molar-refractivity contribution < 1.29 is 4.79 Å². The van der Waals surface area contributed by atoms with Crippen molar-refractivity contribution in [3.8, 4) is 0 Å². The number of para-hydroxylation sites is 1. The van der Waals surface area contributed by atoms with E-state index in [1.54, 1.807) is 48.5 Å². The molecule has 0 radical (unpaired) electrons. The zero-order valence-electron chi connectivity index (χ0n) is 17.8. The lowest BCUT2D eigenvalue weighted by molar-refractivity contribution is -0.122. The fourth-order valence-electron chi connectivity index (χ4n) is 4.53. The predicted octanol–water partition coefficient (Wildman–Crippen LogP) is 3.67. The van der Waals surface area contributed by atoms with Crippen LogP contribution >= 0.6 is 11.6 Å². The summed E-state index contributed by atoms with van der Waals surface area (Å²) in [5.41, 5.74) is 2.68. The quantitative estimate of drug-likeness (QED) is 0.495. The number of fused-ring (bicyclic) bond motifs is 2. The van der Waals surface area contributed by atoms with Gasteiger partial charge in [0.1, 0.15) is 6.54 Å². The van der Waals surface area contributed by atoms with Gasteiger partial charge in [0.05, 0.1) is 23.5 Å². The number of halogens is 1. The lowest BCUT2D eigenvalue weighted by atomic mass is 10.1. The van der Waals surface area contributed by atoms with E-state index in [2.05, 4.69) is 11.4 Å². The standard InChI is InChI=1S/C26H22ClN3O3/c27-19-12-9-17(10-13-19)15-30-25(32)21-7-3-4-8-23(21)29(26(30)33)16-24(31)28-22-14-11-18-5-1-2-6-20(18)22/h1-10,12-13,22H,11,14-16H2,(H,28,31)/t22-/m0/s1. The Hall–Kier alpha value is -3.64. The van der Waals surface area contributed by atoms with E-state index in [4.69, 9.17) is 11.6 Å². The Morgan fingerprint density at radius 1 is 0.939 bits per heavy atom. The minimum Gasteiger partial charge on any atom is -0.348 e. The molecule has 0 saturated carbocycles. The molecule has 0 unspecified atom stereocenters. The number of nitrogens with one attached hydrogen (secondary N) is 1. The maximum absolute atomic E-state index is 13.4. The smallest absolute Gasteiger partial charge is 0.332 e. The van der Waals surface area contributed by atoms with E-state index < -0.39 is 5.69 Å². The summed E-state index contributed by atoms with van der Waals surface area (Å²) in [7, 11) is 0. The van der Waals surface area contributed by atoms with Crippen LogP contribution < -0.4 is 16.6 Å².